The van der Waals surface area contributed by atoms with Gasteiger partial charge in [0.1, 0.15) is 19.0 Å². The molecule has 0 N–H and O–H groups in total. The van der Waals surface area contributed by atoms with E-state index in [1.807, 2.05) is 6.92 Å². The molecule has 146 valence electrons. The van der Waals surface area contributed by atoms with Crippen molar-refractivity contribution in [2.24, 2.45) is 0 Å². The van der Waals surface area contributed by atoms with Gasteiger partial charge in [0, 0.05) is 12.5 Å². The van der Waals surface area contributed by atoms with E-state index < -0.39 is 4.32 Å². The minimum Gasteiger partial charge on any atom is -0.491 e. The van der Waals surface area contributed by atoms with Gasteiger partial charge in [0.05, 0.1) is 17.5 Å². The number of carbonyl (C=O) groups is 2. The maximum atomic E-state index is 12.8. The molecule has 0 aromatic heterocycles. The van der Waals surface area contributed by atoms with Crippen LogP contribution in [0.5, 0.6) is 5.75 Å². The zero-order chi connectivity index (χ0) is 19.4. The predicted octanol–water partition coefficient (Wildman–Crippen LogP) is 4.56. The maximum Gasteiger partial charge on any atom is 0.302 e. The molecule has 0 saturated heterocycles. The lowest BCUT2D eigenvalue weighted by Gasteiger charge is -2.24. The van der Waals surface area contributed by atoms with Gasteiger partial charge in [0.15, 0.2) is 5.78 Å². The highest BCUT2D eigenvalue weighted by Gasteiger charge is 2.33. The molecule has 0 aliphatic heterocycles. The summed E-state index contributed by atoms with van der Waals surface area (Å²) in [6.45, 7) is 6.90. The molecule has 1 rings (SSSR count). The van der Waals surface area contributed by atoms with Gasteiger partial charge in [-0.15, -0.1) is 0 Å². The molecule has 0 bridgehead atoms. The van der Waals surface area contributed by atoms with Crippen LogP contribution in [0.3, 0.4) is 0 Å². The highest BCUT2D eigenvalue weighted by atomic mass is 79.9. The second kappa shape index (κ2) is 12.1. The Morgan fingerprint density at radius 1 is 1.04 bits per heavy atom. The van der Waals surface area contributed by atoms with Crippen molar-refractivity contribution in [3.8, 4) is 5.75 Å². The van der Waals surface area contributed by atoms with Gasteiger partial charge in [0.2, 0.25) is 0 Å². The molecule has 1 aromatic carbocycles. The van der Waals surface area contributed by atoms with Crippen molar-refractivity contribution in [2.45, 2.75) is 50.8 Å². The van der Waals surface area contributed by atoms with E-state index >= 15 is 0 Å². The summed E-state index contributed by atoms with van der Waals surface area (Å²) in [7, 11) is 0. The monoisotopic (exact) mass is 428 g/mol. The van der Waals surface area contributed by atoms with Crippen molar-refractivity contribution in [3.63, 3.8) is 0 Å². The van der Waals surface area contributed by atoms with Crippen molar-refractivity contribution in [2.75, 3.05) is 26.4 Å². The van der Waals surface area contributed by atoms with Crippen LogP contribution in [-0.4, -0.2) is 42.5 Å². The number of benzene rings is 1. The zero-order valence-corrected chi connectivity index (χ0v) is 17.5. The van der Waals surface area contributed by atoms with Gasteiger partial charge in [-0.2, -0.15) is 0 Å². The third-order valence-electron chi connectivity index (χ3n) is 4.04. The van der Waals surface area contributed by atoms with Crippen LogP contribution < -0.4 is 4.74 Å². The van der Waals surface area contributed by atoms with Crippen molar-refractivity contribution in [1.82, 2.24) is 0 Å². The number of rotatable bonds is 13. The van der Waals surface area contributed by atoms with Crippen LogP contribution in [0.15, 0.2) is 24.3 Å². The summed E-state index contributed by atoms with van der Waals surface area (Å²) in [5, 5.41) is 0. The van der Waals surface area contributed by atoms with E-state index in [0.717, 1.165) is 25.7 Å². The smallest absolute Gasteiger partial charge is 0.302 e. The van der Waals surface area contributed by atoms with E-state index in [9.17, 15) is 9.59 Å². The molecular weight excluding hydrogens is 400 g/mol. The molecule has 0 heterocycles. The number of esters is 1. The average Bonchev–Trinajstić information content (AvgIpc) is 2.65. The van der Waals surface area contributed by atoms with Crippen molar-refractivity contribution in [3.05, 3.63) is 29.8 Å². The van der Waals surface area contributed by atoms with Gasteiger partial charge in [0.25, 0.3) is 0 Å². The number of hydrogen-bond acceptors (Lipinski definition) is 5. The van der Waals surface area contributed by atoms with E-state index in [0.29, 0.717) is 31.1 Å². The van der Waals surface area contributed by atoms with Gasteiger partial charge in [-0.1, -0.05) is 42.6 Å². The molecule has 6 heteroatoms. The number of ketones is 1. The molecular formula is C20H29BrO5. The minimum absolute atomic E-state index is 0.119. The van der Waals surface area contributed by atoms with Crippen LogP contribution >= 0.6 is 15.9 Å². The van der Waals surface area contributed by atoms with E-state index in [-0.39, 0.29) is 18.4 Å². The van der Waals surface area contributed by atoms with E-state index in [1.54, 1.807) is 24.3 Å². The second-order valence-electron chi connectivity index (χ2n) is 6.08. The molecule has 0 radical (unpaired) electrons. The van der Waals surface area contributed by atoms with E-state index in [2.05, 4.69) is 22.9 Å². The Labute approximate surface area is 164 Å². The molecule has 0 aliphatic rings. The molecule has 5 nitrogen and oxygen atoms in total. The van der Waals surface area contributed by atoms with Gasteiger partial charge in [-0.3, -0.25) is 9.59 Å². The van der Waals surface area contributed by atoms with Crippen molar-refractivity contribution >= 4 is 27.7 Å². The Kier molecular flexibility index (Phi) is 10.5. The number of Topliss-reactive ketones (excluding diaryl/α,β-unsaturated/α-hetero) is 1. The topological polar surface area (TPSA) is 61.8 Å². The van der Waals surface area contributed by atoms with Crippen molar-refractivity contribution < 1.29 is 23.8 Å². The van der Waals surface area contributed by atoms with Crippen LogP contribution in [0, 0.1) is 0 Å². The molecule has 1 aromatic rings. The van der Waals surface area contributed by atoms with Crippen LogP contribution in [0.1, 0.15) is 56.8 Å². The Balaban J connectivity index is 2.42. The molecule has 0 spiro atoms. The molecule has 0 saturated carbocycles. The van der Waals surface area contributed by atoms with Crippen molar-refractivity contribution in [1.29, 1.82) is 0 Å². The minimum atomic E-state index is -0.485. The number of hydrogen-bond donors (Lipinski definition) is 0. The number of carbonyl (C=O) groups excluding carboxylic acids is 2. The lowest BCUT2D eigenvalue weighted by Crippen LogP contribution is -2.31. The van der Waals surface area contributed by atoms with Gasteiger partial charge < -0.3 is 14.2 Å². The SMILES string of the molecule is CCCCC(Br)(CC)C(=O)c1ccc(OCCOCCOC(C)=O)cc1. The summed E-state index contributed by atoms with van der Waals surface area (Å²) in [5.41, 5.74) is 0.685. The first-order valence-corrected chi connectivity index (χ1v) is 9.90. The van der Waals surface area contributed by atoms with Crippen LogP contribution in [-0.2, 0) is 14.3 Å². The quantitative estimate of drug-likeness (QED) is 0.199. The fourth-order valence-corrected chi connectivity index (χ4v) is 2.94. The molecule has 0 aliphatic carbocycles. The normalized spacial score (nSPS) is 13.1. The molecule has 0 amide bonds. The van der Waals surface area contributed by atoms with E-state index in [4.69, 9.17) is 14.2 Å². The van der Waals surface area contributed by atoms with Crippen LogP contribution in [0.2, 0.25) is 0 Å². The lowest BCUT2D eigenvalue weighted by molar-refractivity contribution is -0.142. The summed E-state index contributed by atoms with van der Waals surface area (Å²) in [4.78, 5) is 23.4. The first-order valence-electron chi connectivity index (χ1n) is 9.10. The third kappa shape index (κ3) is 7.87. The number of unbranched alkanes of at least 4 members (excludes halogenated alkanes) is 1. The second-order valence-corrected chi connectivity index (χ2v) is 7.59. The van der Waals surface area contributed by atoms with Crippen LogP contribution in [0.25, 0.3) is 0 Å². The summed E-state index contributed by atoms with van der Waals surface area (Å²) in [6.07, 6.45) is 3.68. The first-order chi connectivity index (χ1) is 12.4. The third-order valence-corrected chi connectivity index (χ3v) is 5.36. The summed E-state index contributed by atoms with van der Waals surface area (Å²) < 4.78 is 15.2. The van der Waals surface area contributed by atoms with Gasteiger partial charge >= 0.3 is 5.97 Å². The number of alkyl halides is 1. The zero-order valence-electron chi connectivity index (χ0n) is 15.9. The lowest BCUT2D eigenvalue weighted by atomic mass is 9.90. The molecule has 1 atom stereocenters. The van der Waals surface area contributed by atoms with E-state index in [1.165, 1.54) is 6.92 Å². The Hall–Kier alpha value is -1.40. The highest BCUT2D eigenvalue weighted by molar-refractivity contribution is 9.10. The Morgan fingerprint density at radius 3 is 2.27 bits per heavy atom. The fourth-order valence-electron chi connectivity index (χ4n) is 2.43. The Morgan fingerprint density at radius 2 is 1.69 bits per heavy atom. The number of ether oxygens (including phenoxy) is 3. The fraction of sp³-hybridized carbons (Fsp3) is 0.600. The summed E-state index contributed by atoms with van der Waals surface area (Å²) >= 11 is 3.66. The molecule has 26 heavy (non-hydrogen) atoms. The van der Waals surface area contributed by atoms with Gasteiger partial charge in [-0.25, -0.2) is 0 Å². The highest BCUT2D eigenvalue weighted by Crippen LogP contribution is 2.33. The average molecular weight is 429 g/mol. The maximum absolute atomic E-state index is 12.8. The molecule has 0 fully saturated rings. The number of halogens is 1. The standard InChI is InChI=1S/C20H29BrO5/c1-4-6-11-20(21,5-2)19(23)17-7-9-18(10-8-17)26-15-13-24-12-14-25-16(3)22/h7-10H,4-6,11-15H2,1-3H3. The first kappa shape index (κ1) is 22.6. The largest absolute Gasteiger partial charge is 0.491 e. The van der Waals surface area contributed by atoms with Gasteiger partial charge in [-0.05, 0) is 37.1 Å². The Bertz CT molecular complexity index is 558. The summed E-state index contributed by atoms with van der Waals surface area (Å²) in [5.74, 6) is 0.494. The summed E-state index contributed by atoms with van der Waals surface area (Å²) in [6, 6.07) is 7.21. The molecule has 1 unspecified atom stereocenters. The van der Waals surface area contributed by atoms with Crippen LogP contribution in [0.4, 0.5) is 0 Å². The predicted molar refractivity (Wildman–Crippen MR) is 105 cm³/mol.